The van der Waals surface area contributed by atoms with Crippen molar-refractivity contribution in [3.05, 3.63) is 57.0 Å². The number of Topliss-reactive ketones (excluding diaryl/α,β-unsaturated/α-hetero) is 1. The SMILES string of the molecule is CCOc1ccc(C2C3=C(CCCC3=O)Nc3[nH][nH]c(=O)c32)cc1. The highest BCUT2D eigenvalue weighted by Gasteiger charge is 2.37. The van der Waals surface area contributed by atoms with Crippen LogP contribution >= 0.6 is 0 Å². The maximum atomic E-state index is 12.6. The van der Waals surface area contributed by atoms with Gasteiger partial charge in [-0.25, -0.2) is 0 Å². The Morgan fingerprint density at radius 2 is 1.92 bits per heavy atom. The van der Waals surface area contributed by atoms with Crippen LogP contribution in [0.3, 0.4) is 0 Å². The number of carbonyl (C=O) groups excluding carboxylic acids is 1. The van der Waals surface area contributed by atoms with Gasteiger partial charge >= 0.3 is 0 Å². The number of benzene rings is 1. The van der Waals surface area contributed by atoms with Crippen molar-refractivity contribution in [3.8, 4) is 5.75 Å². The molecule has 0 spiro atoms. The minimum atomic E-state index is -0.338. The van der Waals surface area contributed by atoms with E-state index in [-0.39, 0.29) is 17.3 Å². The number of H-pyrrole nitrogens is 2. The van der Waals surface area contributed by atoms with Crippen molar-refractivity contribution >= 4 is 11.6 Å². The van der Waals surface area contributed by atoms with Gasteiger partial charge in [-0.1, -0.05) is 12.1 Å². The third kappa shape index (κ3) is 2.26. The number of ketones is 1. The molecule has 0 saturated heterocycles. The summed E-state index contributed by atoms with van der Waals surface area (Å²) in [7, 11) is 0. The zero-order chi connectivity index (χ0) is 16.7. The van der Waals surface area contributed by atoms with Crippen molar-refractivity contribution < 1.29 is 9.53 Å². The van der Waals surface area contributed by atoms with Crippen LogP contribution in [0.25, 0.3) is 0 Å². The molecule has 24 heavy (non-hydrogen) atoms. The van der Waals surface area contributed by atoms with Gasteiger partial charge in [-0.2, -0.15) is 0 Å². The summed E-state index contributed by atoms with van der Waals surface area (Å²) in [6.45, 7) is 2.53. The second-order valence-corrected chi connectivity index (χ2v) is 6.10. The Hall–Kier alpha value is -2.76. The van der Waals surface area contributed by atoms with Crippen LogP contribution in [0.2, 0.25) is 0 Å². The summed E-state index contributed by atoms with van der Waals surface area (Å²) in [5, 5.41) is 8.74. The van der Waals surface area contributed by atoms with Crippen LogP contribution < -0.4 is 15.6 Å². The molecule has 3 N–H and O–H groups in total. The van der Waals surface area contributed by atoms with E-state index in [0.717, 1.165) is 35.4 Å². The third-order valence-corrected chi connectivity index (χ3v) is 4.65. The number of allylic oxidation sites excluding steroid dienone is 2. The normalized spacial score (nSPS) is 19.5. The van der Waals surface area contributed by atoms with Crippen LogP contribution in [0.4, 0.5) is 5.82 Å². The molecule has 0 radical (unpaired) electrons. The molecule has 4 rings (SSSR count). The lowest BCUT2D eigenvalue weighted by atomic mass is 9.77. The number of hydrogen-bond donors (Lipinski definition) is 3. The van der Waals surface area contributed by atoms with Crippen molar-refractivity contribution in [1.29, 1.82) is 0 Å². The first-order chi connectivity index (χ1) is 11.7. The van der Waals surface area contributed by atoms with E-state index in [4.69, 9.17) is 4.74 Å². The molecule has 1 aliphatic heterocycles. The fourth-order valence-corrected chi connectivity index (χ4v) is 3.62. The highest BCUT2D eigenvalue weighted by molar-refractivity contribution is 6.00. The Kier molecular flexibility index (Phi) is 3.52. The number of carbonyl (C=O) groups is 1. The van der Waals surface area contributed by atoms with E-state index in [1.165, 1.54) is 0 Å². The quantitative estimate of drug-likeness (QED) is 0.810. The van der Waals surface area contributed by atoms with E-state index < -0.39 is 0 Å². The van der Waals surface area contributed by atoms with Crippen LogP contribution in [0.5, 0.6) is 5.75 Å². The molecule has 1 aliphatic carbocycles. The van der Waals surface area contributed by atoms with Gasteiger partial charge in [0, 0.05) is 23.6 Å². The molecule has 1 aromatic heterocycles. The van der Waals surface area contributed by atoms with Gasteiger partial charge in [0.05, 0.1) is 12.2 Å². The van der Waals surface area contributed by atoms with Crippen molar-refractivity contribution in [2.24, 2.45) is 0 Å². The van der Waals surface area contributed by atoms with Crippen molar-refractivity contribution in [1.82, 2.24) is 10.2 Å². The van der Waals surface area contributed by atoms with E-state index in [2.05, 4.69) is 15.5 Å². The summed E-state index contributed by atoms with van der Waals surface area (Å²) in [6, 6.07) is 7.64. The predicted molar refractivity (Wildman–Crippen MR) is 90.4 cm³/mol. The van der Waals surface area contributed by atoms with Crippen LogP contribution in [-0.4, -0.2) is 22.6 Å². The first kappa shape index (κ1) is 14.8. The van der Waals surface area contributed by atoms with Crippen LogP contribution in [-0.2, 0) is 4.79 Å². The van der Waals surface area contributed by atoms with Gasteiger partial charge in [-0.3, -0.25) is 19.8 Å². The molecule has 2 aliphatic rings. The van der Waals surface area contributed by atoms with Crippen LogP contribution in [0.1, 0.15) is 43.2 Å². The topological polar surface area (TPSA) is 87.0 Å². The minimum Gasteiger partial charge on any atom is -0.494 e. The van der Waals surface area contributed by atoms with Crippen molar-refractivity contribution in [2.45, 2.75) is 32.1 Å². The second-order valence-electron chi connectivity index (χ2n) is 6.10. The first-order valence-electron chi connectivity index (χ1n) is 8.25. The van der Waals surface area contributed by atoms with Gasteiger partial charge in [-0.05, 0) is 37.5 Å². The Labute approximate surface area is 138 Å². The fraction of sp³-hybridized carbons (Fsp3) is 0.333. The van der Waals surface area contributed by atoms with Gasteiger partial charge in [0.1, 0.15) is 11.6 Å². The standard InChI is InChI=1S/C18H19N3O3/c1-2-24-11-8-6-10(7-9-11)14-15-12(4-3-5-13(15)22)19-17-16(14)18(23)21-20-17/h6-9,14H,2-5H2,1H3,(H3,19,20,21,23). The number of fused-ring (bicyclic) bond motifs is 1. The van der Waals surface area contributed by atoms with E-state index >= 15 is 0 Å². The second kappa shape index (κ2) is 5.70. The number of rotatable bonds is 3. The highest BCUT2D eigenvalue weighted by Crippen LogP contribution is 2.43. The lowest BCUT2D eigenvalue weighted by molar-refractivity contribution is -0.116. The first-order valence-corrected chi connectivity index (χ1v) is 8.25. The van der Waals surface area contributed by atoms with Gasteiger partial charge in [-0.15, -0.1) is 0 Å². The van der Waals surface area contributed by atoms with E-state index in [1.807, 2.05) is 31.2 Å². The summed E-state index contributed by atoms with van der Waals surface area (Å²) in [5.41, 5.74) is 2.96. The molecule has 1 unspecified atom stereocenters. The number of aromatic nitrogens is 2. The Balaban J connectivity index is 1.86. The molecule has 0 amide bonds. The molecule has 1 aromatic carbocycles. The Bertz CT molecular complexity index is 874. The summed E-state index contributed by atoms with van der Waals surface area (Å²) in [6.07, 6.45) is 2.19. The van der Waals surface area contributed by atoms with Crippen molar-refractivity contribution in [3.63, 3.8) is 0 Å². The molecule has 6 nitrogen and oxygen atoms in total. The molecule has 2 heterocycles. The van der Waals surface area contributed by atoms with Gasteiger partial charge in [0.15, 0.2) is 5.78 Å². The van der Waals surface area contributed by atoms with E-state index in [0.29, 0.717) is 24.4 Å². The molecule has 124 valence electrons. The van der Waals surface area contributed by atoms with Crippen LogP contribution in [0.15, 0.2) is 40.3 Å². The Morgan fingerprint density at radius 3 is 2.67 bits per heavy atom. The number of hydrogen-bond acceptors (Lipinski definition) is 4. The minimum absolute atomic E-state index is 0.119. The number of nitrogens with one attached hydrogen (secondary N) is 3. The zero-order valence-corrected chi connectivity index (χ0v) is 13.4. The van der Waals surface area contributed by atoms with E-state index in [1.54, 1.807) is 0 Å². The van der Waals surface area contributed by atoms with Gasteiger partial charge in [0.25, 0.3) is 5.56 Å². The lowest BCUT2D eigenvalue weighted by Crippen LogP contribution is -2.29. The van der Waals surface area contributed by atoms with Crippen molar-refractivity contribution in [2.75, 3.05) is 11.9 Å². The summed E-state index contributed by atoms with van der Waals surface area (Å²) in [4.78, 5) is 24.9. The van der Waals surface area contributed by atoms with E-state index in [9.17, 15) is 9.59 Å². The molecule has 0 fully saturated rings. The molecule has 6 heteroatoms. The largest absolute Gasteiger partial charge is 0.494 e. The van der Waals surface area contributed by atoms with Gasteiger partial charge < -0.3 is 10.1 Å². The average molecular weight is 325 g/mol. The molecule has 2 aromatic rings. The number of aromatic amines is 2. The number of ether oxygens (including phenoxy) is 1. The number of anilines is 1. The van der Waals surface area contributed by atoms with Gasteiger partial charge in [0.2, 0.25) is 0 Å². The molecular weight excluding hydrogens is 306 g/mol. The highest BCUT2D eigenvalue weighted by atomic mass is 16.5. The maximum absolute atomic E-state index is 12.6. The summed E-state index contributed by atoms with van der Waals surface area (Å²) < 4.78 is 5.49. The lowest BCUT2D eigenvalue weighted by Gasteiger charge is -2.31. The average Bonchev–Trinajstić information content (AvgIpc) is 2.95. The third-order valence-electron chi connectivity index (χ3n) is 4.65. The fourth-order valence-electron chi connectivity index (χ4n) is 3.62. The Morgan fingerprint density at radius 1 is 1.12 bits per heavy atom. The molecule has 0 saturated carbocycles. The zero-order valence-electron chi connectivity index (χ0n) is 13.4. The predicted octanol–water partition coefficient (Wildman–Crippen LogP) is 2.67. The molecule has 0 bridgehead atoms. The monoisotopic (exact) mass is 325 g/mol. The summed E-state index contributed by atoms with van der Waals surface area (Å²) >= 11 is 0. The molecule has 1 atom stereocenters. The maximum Gasteiger partial charge on any atom is 0.270 e. The summed E-state index contributed by atoms with van der Waals surface area (Å²) in [5.74, 6) is 1.22. The smallest absolute Gasteiger partial charge is 0.270 e. The molecular formula is C18H19N3O3. The van der Waals surface area contributed by atoms with Crippen LogP contribution in [0, 0.1) is 0 Å².